The summed E-state index contributed by atoms with van der Waals surface area (Å²) in [5, 5.41) is 0. The third-order valence-electron chi connectivity index (χ3n) is 4.00. The van der Waals surface area contributed by atoms with Crippen molar-refractivity contribution < 1.29 is 22.6 Å². The van der Waals surface area contributed by atoms with E-state index in [0.717, 1.165) is 0 Å². The summed E-state index contributed by atoms with van der Waals surface area (Å²) in [7, 11) is -3.88. The Labute approximate surface area is 164 Å². The van der Waals surface area contributed by atoms with Gasteiger partial charge in [0.2, 0.25) is 5.95 Å². The molecule has 0 bridgehead atoms. The fourth-order valence-electron chi connectivity index (χ4n) is 2.75. The van der Waals surface area contributed by atoms with Gasteiger partial charge in [-0.25, -0.2) is 18.4 Å². The SMILES string of the molecule is CCOc1ccc(S(=O)(=O)Nc2cnc(N3CCOCC3)nc2)c(OCC)c1. The Kier molecular flexibility index (Phi) is 6.53. The molecule has 3 rings (SSSR count). The van der Waals surface area contributed by atoms with Gasteiger partial charge in [0.25, 0.3) is 10.0 Å². The summed E-state index contributed by atoms with van der Waals surface area (Å²) in [4.78, 5) is 10.5. The number of aromatic nitrogens is 2. The third-order valence-corrected chi connectivity index (χ3v) is 5.42. The fraction of sp³-hybridized carbons (Fsp3) is 0.444. The number of hydrogen-bond donors (Lipinski definition) is 1. The number of benzene rings is 1. The molecule has 9 nitrogen and oxygen atoms in total. The van der Waals surface area contributed by atoms with Crippen molar-refractivity contribution >= 4 is 21.7 Å². The summed E-state index contributed by atoms with van der Waals surface area (Å²) in [6, 6.07) is 4.62. The molecule has 1 aromatic heterocycles. The fourth-order valence-corrected chi connectivity index (χ4v) is 3.90. The zero-order valence-corrected chi connectivity index (χ0v) is 16.7. The first kappa shape index (κ1) is 20.2. The molecule has 0 unspecified atom stereocenters. The van der Waals surface area contributed by atoms with Crippen molar-refractivity contribution in [1.29, 1.82) is 0 Å². The average molecular weight is 408 g/mol. The summed E-state index contributed by atoms with van der Waals surface area (Å²) in [6.07, 6.45) is 2.90. The number of ether oxygens (including phenoxy) is 3. The van der Waals surface area contributed by atoms with Crippen LogP contribution in [-0.4, -0.2) is 57.9 Å². The van der Waals surface area contributed by atoms with E-state index in [1.165, 1.54) is 18.5 Å². The van der Waals surface area contributed by atoms with Crippen LogP contribution < -0.4 is 19.1 Å². The lowest BCUT2D eigenvalue weighted by Crippen LogP contribution is -2.37. The molecule has 1 N–H and O–H groups in total. The van der Waals surface area contributed by atoms with Crippen LogP contribution >= 0.6 is 0 Å². The second-order valence-electron chi connectivity index (χ2n) is 5.95. The Hall–Kier alpha value is -2.59. The highest BCUT2D eigenvalue weighted by atomic mass is 32.2. The predicted octanol–water partition coefficient (Wildman–Crippen LogP) is 1.91. The molecule has 1 aliphatic rings. The smallest absolute Gasteiger partial charge is 0.265 e. The van der Waals surface area contributed by atoms with Crippen molar-refractivity contribution in [1.82, 2.24) is 9.97 Å². The molecule has 0 saturated carbocycles. The highest BCUT2D eigenvalue weighted by molar-refractivity contribution is 7.92. The molecule has 1 aliphatic heterocycles. The lowest BCUT2D eigenvalue weighted by Gasteiger charge is -2.26. The monoisotopic (exact) mass is 408 g/mol. The van der Waals surface area contributed by atoms with Crippen molar-refractivity contribution in [2.45, 2.75) is 18.7 Å². The molecule has 10 heteroatoms. The van der Waals surface area contributed by atoms with E-state index in [0.29, 0.717) is 51.2 Å². The number of nitrogens with one attached hydrogen (secondary N) is 1. The maximum absolute atomic E-state index is 12.8. The summed E-state index contributed by atoms with van der Waals surface area (Å²) >= 11 is 0. The number of anilines is 2. The molecule has 0 spiro atoms. The van der Waals surface area contributed by atoms with Crippen LogP contribution in [0.1, 0.15) is 13.8 Å². The maximum atomic E-state index is 12.8. The Morgan fingerprint density at radius 1 is 1.11 bits per heavy atom. The molecule has 0 radical (unpaired) electrons. The number of sulfonamides is 1. The van der Waals surface area contributed by atoms with Crippen LogP contribution in [0.3, 0.4) is 0 Å². The lowest BCUT2D eigenvalue weighted by atomic mass is 10.3. The quantitative estimate of drug-likeness (QED) is 0.707. The van der Waals surface area contributed by atoms with E-state index in [1.54, 1.807) is 19.1 Å². The number of hydrogen-bond acceptors (Lipinski definition) is 8. The summed E-state index contributed by atoms with van der Waals surface area (Å²) in [5.74, 6) is 1.32. The minimum atomic E-state index is -3.88. The third kappa shape index (κ3) is 4.82. The second kappa shape index (κ2) is 9.07. The number of nitrogens with zero attached hydrogens (tertiary/aromatic N) is 3. The van der Waals surface area contributed by atoms with Gasteiger partial charge in [-0.3, -0.25) is 4.72 Å². The highest BCUT2D eigenvalue weighted by Gasteiger charge is 2.21. The Balaban J connectivity index is 1.79. The molecule has 2 heterocycles. The highest BCUT2D eigenvalue weighted by Crippen LogP contribution is 2.30. The largest absolute Gasteiger partial charge is 0.494 e. The molecule has 0 aliphatic carbocycles. The van der Waals surface area contributed by atoms with E-state index in [9.17, 15) is 8.42 Å². The van der Waals surface area contributed by atoms with E-state index in [2.05, 4.69) is 14.7 Å². The van der Waals surface area contributed by atoms with Crippen LogP contribution in [0.15, 0.2) is 35.5 Å². The first-order chi connectivity index (χ1) is 13.5. The number of morpholine rings is 1. The van der Waals surface area contributed by atoms with Gasteiger partial charge in [-0.2, -0.15) is 0 Å². The van der Waals surface area contributed by atoms with E-state index in [-0.39, 0.29) is 16.3 Å². The topological polar surface area (TPSA) is 103 Å². The zero-order chi connectivity index (χ0) is 20.0. The standard InChI is InChI=1S/C18H24N4O5S/c1-3-26-15-5-6-17(16(11-15)27-4-2)28(23,24)21-14-12-19-18(20-13-14)22-7-9-25-10-8-22/h5-6,11-13,21H,3-4,7-10H2,1-2H3. The van der Waals surface area contributed by atoms with Crippen LogP contribution in [0, 0.1) is 0 Å². The molecule has 1 fully saturated rings. The van der Waals surface area contributed by atoms with Gasteiger partial charge < -0.3 is 19.1 Å². The van der Waals surface area contributed by atoms with Crippen molar-refractivity contribution in [2.75, 3.05) is 49.1 Å². The van der Waals surface area contributed by atoms with Gasteiger partial charge in [0, 0.05) is 19.2 Å². The van der Waals surface area contributed by atoms with E-state index < -0.39 is 10.0 Å². The Morgan fingerprint density at radius 3 is 2.43 bits per heavy atom. The van der Waals surface area contributed by atoms with Crippen LogP contribution in [0.25, 0.3) is 0 Å². The molecule has 2 aromatic rings. The summed E-state index contributed by atoms with van der Waals surface area (Å²) < 4.78 is 44.4. The van der Waals surface area contributed by atoms with Gasteiger partial charge in [0.05, 0.1) is 44.5 Å². The first-order valence-corrected chi connectivity index (χ1v) is 10.6. The molecule has 152 valence electrons. The minimum Gasteiger partial charge on any atom is -0.494 e. The van der Waals surface area contributed by atoms with E-state index in [1.807, 2.05) is 11.8 Å². The van der Waals surface area contributed by atoms with E-state index >= 15 is 0 Å². The van der Waals surface area contributed by atoms with Gasteiger partial charge in [0.15, 0.2) is 0 Å². The van der Waals surface area contributed by atoms with Crippen molar-refractivity contribution in [2.24, 2.45) is 0 Å². The lowest BCUT2D eigenvalue weighted by molar-refractivity contribution is 0.122. The molecule has 1 saturated heterocycles. The first-order valence-electron chi connectivity index (χ1n) is 9.10. The van der Waals surface area contributed by atoms with Crippen molar-refractivity contribution in [3.05, 3.63) is 30.6 Å². The molecular weight excluding hydrogens is 384 g/mol. The van der Waals surface area contributed by atoms with Gasteiger partial charge in [-0.05, 0) is 26.0 Å². The Bertz CT molecular complexity index is 883. The zero-order valence-electron chi connectivity index (χ0n) is 15.9. The normalized spacial score (nSPS) is 14.6. The average Bonchev–Trinajstić information content (AvgIpc) is 2.69. The molecule has 0 amide bonds. The maximum Gasteiger partial charge on any atom is 0.265 e. The molecule has 28 heavy (non-hydrogen) atoms. The van der Waals surface area contributed by atoms with Crippen LogP contribution in [0.4, 0.5) is 11.6 Å². The van der Waals surface area contributed by atoms with E-state index in [4.69, 9.17) is 14.2 Å². The van der Waals surface area contributed by atoms with Crippen molar-refractivity contribution in [3.8, 4) is 11.5 Å². The van der Waals surface area contributed by atoms with Gasteiger partial charge in [0.1, 0.15) is 16.4 Å². The minimum absolute atomic E-state index is 0.0232. The van der Waals surface area contributed by atoms with Crippen molar-refractivity contribution in [3.63, 3.8) is 0 Å². The van der Waals surface area contributed by atoms with Crippen LogP contribution in [-0.2, 0) is 14.8 Å². The van der Waals surface area contributed by atoms with Gasteiger partial charge in [-0.15, -0.1) is 0 Å². The molecule has 0 atom stereocenters. The van der Waals surface area contributed by atoms with Gasteiger partial charge in [-0.1, -0.05) is 0 Å². The number of rotatable bonds is 8. The van der Waals surface area contributed by atoms with Crippen LogP contribution in [0.5, 0.6) is 11.5 Å². The molecular formula is C18H24N4O5S. The van der Waals surface area contributed by atoms with Crippen LogP contribution in [0.2, 0.25) is 0 Å². The second-order valence-corrected chi connectivity index (χ2v) is 7.60. The predicted molar refractivity (Wildman–Crippen MR) is 105 cm³/mol. The Morgan fingerprint density at radius 2 is 1.79 bits per heavy atom. The molecule has 1 aromatic carbocycles. The van der Waals surface area contributed by atoms with Gasteiger partial charge >= 0.3 is 0 Å². The summed E-state index contributed by atoms with van der Waals surface area (Å²) in [6.45, 7) is 7.09. The summed E-state index contributed by atoms with van der Waals surface area (Å²) in [5.41, 5.74) is 0.272.